The first-order valence-electron chi connectivity index (χ1n) is 10.3. The quantitative estimate of drug-likeness (QED) is 0.437. The van der Waals surface area contributed by atoms with Crippen LogP contribution in [0.15, 0.2) is 91.5 Å². The molecule has 0 atom stereocenters. The van der Waals surface area contributed by atoms with Crippen molar-refractivity contribution in [2.24, 2.45) is 0 Å². The van der Waals surface area contributed by atoms with E-state index in [2.05, 4.69) is 27.5 Å². The monoisotopic (exact) mass is 423 g/mol. The van der Waals surface area contributed by atoms with Crippen molar-refractivity contribution in [3.8, 4) is 28.1 Å². The van der Waals surface area contributed by atoms with Crippen LogP contribution >= 0.6 is 0 Å². The number of aromatic nitrogens is 4. The minimum Gasteiger partial charge on any atom is -0.395 e. The molecule has 0 saturated carbocycles. The molecule has 7 heteroatoms. The Morgan fingerprint density at radius 3 is 2.62 bits per heavy atom. The molecule has 0 fully saturated rings. The molecule has 0 aliphatic rings. The van der Waals surface area contributed by atoms with Gasteiger partial charge in [0, 0.05) is 36.3 Å². The SMILES string of the molecule is O=C(NCCO)c1cccc(-c2ccn3c(-c4cccc(-n5cccn5)c4)cnc3c2)c1. The van der Waals surface area contributed by atoms with Gasteiger partial charge in [0.25, 0.3) is 5.91 Å². The number of benzene rings is 2. The summed E-state index contributed by atoms with van der Waals surface area (Å²) in [6.45, 7) is 0.142. The van der Waals surface area contributed by atoms with Crippen molar-refractivity contribution < 1.29 is 9.90 Å². The fourth-order valence-corrected chi connectivity index (χ4v) is 3.71. The van der Waals surface area contributed by atoms with Gasteiger partial charge in [-0.2, -0.15) is 5.10 Å². The highest BCUT2D eigenvalue weighted by Gasteiger charge is 2.10. The smallest absolute Gasteiger partial charge is 0.251 e. The molecule has 3 aromatic heterocycles. The van der Waals surface area contributed by atoms with Gasteiger partial charge >= 0.3 is 0 Å². The van der Waals surface area contributed by atoms with Crippen LogP contribution in [0.3, 0.4) is 0 Å². The summed E-state index contributed by atoms with van der Waals surface area (Å²) in [5, 5.41) is 15.9. The number of rotatable bonds is 6. The molecule has 3 heterocycles. The zero-order valence-electron chi connectivity index (χ0n) is 17.2. The first-order chi connectivity index (χ1) is 15.7. The van der Waals surface area contributed by atoms with E-state index in [9.17, 15) is 4.79 Å². The van der Waals surface area contributed by atoms with E-state index in [1.807, 2.05) is 76.2 Å². The van der Waals surface area contributed by atoms with E-state index in [0.717, 1.165) is 33.7 Å². The van der Waals surface area contributed by atoms with E-state index in [-0.39, 0.29) is 19.1 Å². The Bertz CT molecular complexity index is 1390. The topological polar surface area (TPSA) is 84.5 Å². The number of hydrogen-bond acceptors (Lipinski definition) is 4. The maximum atomic E-state index is 12.2. The van der Waals surface area contributed by atoms with Crippen LogP contribution in [-0.4, -0.2) is 43.3 Å². The number of aliphatic hydroxyl groups excluding tert-OH is 1. The molecule has 2 N–H and O–H groups in total. The third kappa shape index (κ3) is 3.77. The van der Waals surface area contributed by atoms with Gasteiger partial charge in [0.2, 0.25) is 0 Å². The van der Waals surface area contributed by atoms with Gasteiger partial charge in [-0.05, 0) is 53.6 Å². The highest BCUT2D eigenvalue weighted by Crippen LogP contribution is 2.27. The third-order valence-electron chi connectivity index (χ3n) is 5.28. The van der Waals surface area contributed by atoms with Crippen LogP contribution < -0.4 is 5.32 Å². The van der Waals surface area contributed by atoms with Gasteiger partial charge in [0.15, 0.2) is 0 Å². The second kappa shape index (κ2) is 8.49. The lowest BCUT2D eigenvalue weighted by Gasteiger charge is -2.08. The minimum absolute atomic E-state index is 0.0881. The molecule has 1 amide bonds. The lowest BCUT2D eigenvalue weighted by atomic mass is 10.0. The number of hydrogen-bond donors (Lipinski definition) is 2. The lowest BCUT2D eigenvalue weighted by Crippen LogP contribution is -2.26. The normalized spacial score (nSPS) is 11.0. The predicted octanol–water partition coefficient (Wildman–Crippen LogP) is 3.58. The molecule has 5 aromatic rings. The molecular weight excluding hydrogens is 402 g/mol. The average Bonchev–Trinajstić information content (AvgIpc) is 3.53. The summed E-state index contributed by atoms with van der Waals surface area (Å²) in [6.07, 6.45) is 7.53. The van der Waals surface area contributed by atoms with Crippen molar-refractivity contribution in [1.29, 1.82) is 0 Å². The molecule has 0 radical (unpaired) electrons. The van der Waals surface area contributed by atoms with Crippen molar-refractivity contribution in [2.75, 3.05) is 13.2 Å². The van der Waals surface area contributed by atoms with Gasteiger partial charge in [-0.1, -0.05) is 24.3 Å². The number of pyridine rings is 1. The standard InChI is InChI=1S/C25H21N5O2/c31-13-10-26-25(32)21-6-1-4-18(14-21)19-8-12-29-23(17-27-24(29)16-19)20-5-2-7-22(15-20)30-11-3-9-28-30/h1-9,11-12,14-17,31H,10,13H2,(H,26,32). The maximum Gasteiger partial charge on any atom is 0.251 e. The summed E-state index contributed by atoms with van der Waals surface area (Å²) in [5.41, 5.74) is 6.27. The number of imidazole rings is 1. The maximum absolute atomic E-state index is 12.2. The third-order valence-corrected chi connectivity index (χ3v) is 5.28. The molecular formula is C25H21N5O2. The number of nitrogens with one attached hydrogen (secondary N) is 1. The Morgan fingerprint density at radius 1 is 0.938 bits per heavy atom. The molecule has 0 aliphatic carbocycles. The van der Waals surface area contributed by atoms with E-state index in [4.69, 9.17) is 5.11 Å². The number of amides is 1. The van der Waals surface area contributed by atoms with Crippen LogP contribution in [0, 0.1) is 0 Å². The Hall–Kier alpha value is -4.23. The second-order valence-corrected chi connectivity index (χ2v) is 7.35. The Labute approximate surface area is 184 Å². The summed E-state index contributed by atoms with van der Waals surface area (Å²) in [5.74, 6) is -0.206. The molecule has 5 rings (SSSR count). The molecule has 32 heavy (non-hydrogen) atoms. The van der Waals surface area contributed by atoms with Gasteiger partial charge in [-0.25, -0.2) is 9.67 Å². The zero-order chi connectivity index (χ0) is 21.9. The minimum atomic E-state index is -0.206. The van der Waals surface area contributed by atoms with Gasteiger partial charge in [-0.3, -0.25) is 9.20 Å². The van der Waals surface area contributed by atoms with E-state index in [1.54, 1.807) is 12.3 Å². The van der Waals surface area contributed by atoms with Gasteiger partial charge in [0.1, 0.15) is 5.65 Å². The van der Waals surface area contributed by atoms with E-state index in [0.29, 0.717) is 5.56 Å². The summed E-state index contributed by atoms with van der Waals surface area (Å²) in [6, 6.07) is 21.5. The Kier molecular flexibility index (Phi) is 5.23. The van der Waals surface area contributed by atoms with Crippen molar-refractivity contribution >= 4 is 11.6 Å². The van der Waals surface area contributed by atoms with Crippen LogP contribution in [0.1, 0.15) is 10.4 Å². The predicted molar refractivity (Wildman–Crippen MR) is 123 cm³/mol. The summed E-state index contributed by atoms with van der Waals surface area (Å²) in [7, 11) is 0. The number of carbonyl (C=O) groups excluding carboxylic acids is 1. The summed E-state index contributed by atoms with van der Waals surface area (Å²) in [4.78, 5) is 16.8. The van der Waals surface area contributed by atoms with Crippen molar-refractivity contribution in [1.82, 2.24) is 24.5 Å². The highest BCUT2D eigenvalue weighted by atomic mass is 16.3. The van der Waals surface area contributed by atoms with E-state index in [1.165, 1.54) is 0 Å². The summed E-state index contributed by atoms with van der Waals surface area (Å²) < 4.78 is 3.87. The van der Waals surface area contributed by atoms with E-state index < -0.39 is 0 Å². The van der Waals surface area contributed by atoms with Crippen LogP contribution in [0.2, 0.25) is 0 Å². The number of carbonyl (C=O) groups is 1. The van der Waals surface area contributed by atoms with E-state index >= 15 is 0 Å². The molecule has 158 valence electrons. The van der Waals surface area contributed by atoms with Crippen LogP contribution in [0.4, 0.5) is 0 Å². The second-order valence-electron chi connectivity index (χ2n) is 7.35. The van der Waals surface area contributed by atoms with Crippen molar-refractivity contribution in [3.05, 3.63) is 97.1 Å². The summed E-state index contributed by atoms with van der Waals surface area (Å²) >= 11 is 0. The molecule has 7 nitrogen and oxygen atoms in total. The first kappa shape index (κ1) is 19.7. The van der Waals surface area contributed by atoms with Crippen LogP contribution in [-0.2, 0) is 0 Å². The fraction of sp³-hybridized carbons (Fsp3) is 0.0800. The fourth-order valence-electron chi connectivity index (χ4n) is 3.71. The Morgan fingerprint density at radius 2 is 1.78 bits per heavy atom. The van der Waals surface area contributed by atoms with Crippen LogP contribution in [0.5, 0.6) is 0 Å². The largest absolute Gasteiger partial charge is 0.395 e. The molecule has 0 spiro atoms. The number of nitrogens with zero attached hydrogens (tertiary/aromatic N) is 4. The van der Waals surface area contributed by atoms with Crippen molar-refractivity contribution in [3.63, 3.8) is 0 Å². The molecule has 0 unspecified atom stereocenters. The van der Waals surface area contributed by atoms with Gasteiger partial charge in [-0.15, -0.1) is 0 Å². The molecule has 0 bridgehead atoms. The number of aliphatic hydroxyl groups is 1. The molecule has 0 saturated heterocycles. The molecule has 2 aromatic carbocycles. The Balaban J connectivity index is 1.48. The average molecular weight is 423 g/mol. The van der Waals surface area contributed by atoms with Crippen molar-refractivity contribution in [2.45, 2.75) is 0 Å². The van der Waals surface area contributed by atoms with Crippen LogP contribution in [0.25, 0.3) is 33.7 Å². The molecule has 0 aliphatic heterocycles. The number of fused-ring (bicyclic) bond motifs is 1. The zero-order valence-corrected chi connectivity index (χ0v) is 17.2. The van der Waals surface area contributed by atoms with Gasteiger partial charge < -0.3 is 10.4 Å². The van der Waals surface area contributed by atoms with Gasteiger partial charge in [0.05, 0.1) is 24.2 Å². The first-order valence-corrected chi connectivity index (χ1v) is 10.3. The lowest BCUT2D eigenvalue weighted by molar-refractivity contribution is 0.0945. The highest BCUT2D eigenvalue weighted by molar-refractivity contribution is 5.95.